The Morgan fingerprint density at radius 2 is 1.10 bits per heavy atom. The Bertz CT molecular complexity index is 3690. The molecule has 67 heavy (non-hydrogen) atoms. The Morgan fingerprint density at radius 3 is 1.91 bits per heavy atom. The first kappa shape index (κ1) is 38.0. The predicted molar refractivity (Wildman–Crippen MR) is 280 cm³/mol. The van der Waals surface area contributed by atoms with E-state index in [0.717, 1.165) is 24.2 Å². The van der Waals surface area contributed by atoms with Crippen LogP contribution >= 0.6 is 11.3 Å². The van der Waals surface area contributed by atoms with Gasteiger partial charge in [-0.3, -0.25) is 0 Å². The molecule has 0 radical (unpaired) electrons. The molecule has 10 aromatic rings. The van der Waals surface area contributed by atoms with Crippen molar-refractivity contribution in [3.63, 3.8) is 0 Å². The van der Waals surface area contributed by atoms with Crippen LogP contribution in [0.1, 0.15) is 65.0 Å². The summed E-state index contributed by atoms with van der Waals surface area (Å²) in [5.74, 6) is 5.82. The van der Waals surface area contributed by atoms with E-state index in [1.807, 2.05) is 11.3 Å². The van der Waals surface area contributed by atoms with Gasteiger partial charge in [-0.05, 0) is 158 Å². The molecule has 4 unspecified atom stereocenters. The molecule has 6 atom stereocenters. The number of nitrogens with zero attached hydrogens (tertiary/aromatic N) is 1. The van der Waals surface area contributed by atoms with Gasteiger partial charge in [0.25, 0.3) is 0 Å². The minimum atomic E-state index is -0.512. The van der Waals surface area contributed by atoms with E-state index in [1.54, 1.807) is 11.1 Å². The van der Waals surface area contributed by atoms with Crippen molar-refractivity contribution >= 4 is 59.3 Å². The number of terminal acetylenes is 1. The van der Waals surface area contributed by atoms with Crippen LogP contribution in [0, 0.1) is 36.0 Å². The van der Waals surface area contributed by atoms with E-state index in [9.17, 15) is 0 Å². The first-order chi connectivity index (χ1) is 33.1. The molecule has 2 bridgehead atoms. The van der Waals surface area contributed by atoms with Crippen LogP contribution in [0.25, 0.3) is 53.2 Å². The summed E-state index contributed by atoms with van der Waals surface area (Å²) in [6.07, 6.45) is 11.1. The van der Waals surface area contributed by atoms with Crippen molar-refractivity contribution in [1.82, 2.24) is 0 Å². The summed E-state index contributed by atoms with van der Waals surface area (Å²) in [4.78, 5) is 2.55. The smallest absolute Gasteiger partial charge is 0.0719 e. The average Bonchev–Trinajstić information content (AvgIpc) is 4.09. The number of rotatable bonds is 4. The molecule has 0 aliphatic heterocycles. The summed E-state index contributed by atoms with van der Waals surface area (Å²) in [6.45, 7) is 0. The van der Waals surface area contributed by atoms with E-state index < -0.39 is 5.41 Å². The lowest BCUT2D eigenvalue weighted by atomic mass is 9.53. The highest BCUT2D eigenvalue weighted by Gasteiger charge is 2.70. The molecule has 2 spiro atoms. The molecule has 318 valence electrons. The van der Waals surface area contributed by atoms with E-state index >= 15 is 0 Å². The monoisotopic (exact) mass is 873 g/mol. The lowest BCUT2D eigenvalue weighted by Crippen LogP contribution is -2.46. The van der Waals surface area contributed by atoms with E-state index in [0.29, 0.717) is 29.6 Å². The van der Waals surface area contributed by atoms with Crippen LogP contribution in [0.3, 0.4) is 0 Å². The molecule has 2 heteroatoms. The second-order valence-electron chi connectivity index (χ2n) is 20.2. The van der Waals surface area contributed by atoms with Crippen molar-refractivity contribution in [1.29, 1.82) is 0 Å². The number of anilines is 3. The zero-order chi connectivity index (χ0) is 44.0. The Kier molecular flexibility index (Phi) is 7.90. The fraction of sp³-hybridized carbons (Fsp3) is 0.169. The van der Waals surface area contributed by atoms with Gasteiger partial charge in [-0.15, -0.1) is 23.7 Å². The van der Waals surface area contributed by atoms with Crippen molar-refractivity contribution < 1.29 is 0 Å². The maximum Gasteiger partial charge on any atom is 0.0719 e. The maximum absolute atomic E-state index is 6.37. The topological polar surface area (TPSA) is 3.24 Å². The number of fused-ring (bicyclic) bond motifs is 13. The molecule has 0 saturated heterocycles. The number of thiophene rings is 1. The second-order valence-corrected chi connectivity index (χ2v) is 21.3. The summed E-state index contributed by atoms with van der Waals surface area (Å²) in [5.41, 5.74) is 17.0. The van der Waals surface area contributed by atoms with Crippen LogP contribution in [-0.4, -0.2) is 0 Å². The van der Waals surface area contributed by atoms with Crippen LogP contribution in [0.4, 0.5) is 17.1 Å². The molecule has 0 amide bonds. The van der Waals surface area contributed by atoms with Crippen LogP contribution in [0.15, 0.2) is 200 Å². The van der Waals surface area contributed by atoms with Crippen molar-refractivity contribution in [2.45, 2.75) is 42.4 Å². The highest BCUT2D eigenvalue weighted by molar-refractivity contribution is 7.26. The molecule has 1 nitrogen and oxygen atoms in total. The van der Waals surface area contributed by atoms with Gasteiger partial charge in [0.2, 0.25) is 0 Å². The van der Waals surface area contributed by atoms with Crippen molar-refractivity contribution in [2.24, 2.45) is 23.7 Å². The van der Waals surface area contributed by atoms with Gasteiger partial charge in [0.05, 0.1) is 5.41 Å². The third kappa shape index (κ3) is 4.95. The molecule has 3 fully saturated rings. The van der Waals surface area contributed by atoms with Crippen molar-refractivity contribution in [3.8, 4) is 34.6 Å². The van der Waals surface area contributed by atoms with E-state index in [2.05, 4.69) is 211 Å². The third-order valence-corrected chi connectivity index (χ3v) is 18.7. The standard InChI is InChI=1S/C65H47NS/c1-2-40-33-45-35-44-36-46(34-40)64(45)59-32-31-49(39-60(59)65(58-27-11-7-22-55(58)62(44)64)56-25-9-5-19-51(56)52-20-6-10-26-57(52)65)66(48-30-29-41-15-3-4-16-42(41)37-48)47-18-13-17-43(38-47)50-23-14-24-54-53-21-8-12-28-61(53)67-63(50)54/h1,3-32,37-40,44-46,62H,33-36H2/t40?,44?,45-,46+,62?,64?. The highest BCUT2D eigenvalue weighted by atomic mass is 32.1. The quantitative estimate of drug-likeness (QED) is 0.159. The second kappa shape index (κ2) is 13.9. The first-order valence-corrected chi connectivity index (χ1v) is 25.2. The zero-order valence-corrected chi connectivity index (χ0v) is 38.0. The maximum atomic E-state index is 6.37. The predicted octanol–water partition coefficient (Wildman–Crippen LogP) is 16.7. The van der Waals surface area contributed by atoms with Crippen LogP contribution in [-0.2, 0) is 10.8 Å². The van der Waals surface area contributed by atoms with Gasteiger partial charge >= 0.3 is 0 Å². The molecule has 5 aliphatic carbocycles. The molecule has 5 aliphatic rings. The molecule has 0 N–H and O–H groups in total. The van der Waals surface area contributed by atoms with E-state index in [-0.39, 0.29) is 5.41 Å². The number of benzene rings is 9. The zero-order valence-electron chi connectivity index (χ0n) is 37.2. The number of hydrogen-bond acceptors (Lipinski definition) is 2. The summed E-state index contributed by atoms with van der Waals surface area (Å²) in [7, 11) is 0. The SMILES string of the molecule is C#CC1C[C@@H]2CC3C[C@H](C1)C21c2ccc(N(c4cccc(-c5cccc6c5sc5ccccc56)c4)c4ccc5ccccc5c4)cc2C2(c4ccccc4-c4ccccc42)c2ccccc2C31. The molecule has 1 heterocycles. The molecule has 15 rings (SSSR count). The van der Waals surface area contributed by atoms with Gasteiger partial charge in [0, 0.05) is 48.6 Å². The van der Waals surface area contributed by atoms with Gasteiger partial charge in [-0.25, -0.2) is 0 Å². The normalized spacial score (nSPS) is 23.3. The fourth-order valence-electron chi connectivity index (χ4n) is 15.3. The Balaban J connectivity index is 1.03. The minimum Gasteiger partial charge on any atom is -0.310 e. The minimum absolute atomic E-state index is 0.00852. The Morgan fingerprint density at radius 1 is 0.478 bits per heavy atom. The molecule has 3 saturated carbocycles. The molecule has 1 aromatic heterocycles. The van der Waals surface area contributed by atoms with Crippen LogP contribution in [0.2, 0.25) is 0 Å². The highest BCUT2D eigenvalue weighted by Crippen LogP contribution is 2.77. The van der Waals surface area contributed by atoms with Crippen LogP contribution < -0.4 is 4.90 Å². The molecular weight excluding hydrogens is 827 g/mol. The molecular formula is C65H47NS. The summed E-state index contributed by atoms with van der Waals surface area (Å²) in [5, 5.41) is 5.12. The fourth-order valence-corrected chi connectivity index (χ4v) is 16.6. The van der Waals surface area contributed by atoms with Gasteiger partial charge in [-0.1, -0.05) is 158 Å². The van der Waals surface area contributed by atoms with Gasteiger partial charge in [0.1, 0.15) is 0 Å². The average molecular weight is 874 g/mol. The van der Waals surface area contributed by atoms with Gasteiger partial charge in [0.15, 0.2) is 0 Å². The van der Waals surface area contributed by atoms with Crippen molar-refractivity contribution in [2.75, 3.05) is 4.90 Å². The number of hydrogen-bond donors (Lipinski definition) is 0. The van der Waals surface area contributed by atoms with E-state index in [1.165, 1.54) is 94.0 Å². The first-order valence-electron chi connectivity index (χ1n) is 24.3. The summed E-state index contributed by atoms with van der Waals surface area (Å²) < 4.78 is 2.66. The summed E-state index contributed by atoms with van der Waals surface area (Å²) in [6, 6.07) is 77.0. The third-order valence-electron chi connectivity index (χ3n) is 17.5. The lowest BCUT2D eigenvalue weighted by molar-refractivity contribution is 0.0947. The Hall–Kier alpha value is -7.18. The Labute approximate surface area is 396 Å². The van der Waals surface area contributed by atoms with Crippen LogP contribution in [0.5, 0.6) is 0 Å². The summed E-state index contributed by atoms with van der Waals surface area (Å²) >= 11 is 1.90. The van der Waals surface area contributed by atoms with Gasteiger partial charge in [-0.2, -0.15) is 0 Å². The van der Waals surface area contributed by atoms with Crippen molar-refractivity contribution in [3.05, 3.63) is 234 Å². The lowest BCUT2D eigenvalue weighted by Gasteiger charge is -2.50. The largest absolute Gasteiger partial charge is 0.310 e. The molecule has 9 aromatic carbocycles. The van der Waals surface area contributed by atoms with Gasteiger partial charge < -0.3 is 4.90 Å². The van der Waals surface area contributed by atoms with E-state index in [4.69, 9.17) is 6.42 Å².